The summed E-state index contributed by atoms with van der Waals surface area (Å²) in [5, 5.41) is 0. The normalized spacial score (nSPS) is 10.8. The number of aromatic nitrogens is 1. The Bertz CT molecular complexity index is 593. The van der Waals surface area contributed by atoms with Crippen molar-refractivity contribution in [2.24, 2.45) is 0 Å². The average Bonchev–Trinajstić information content (AvgIpc) is 2.74. The molecule has 1 aromatic carbocycles. The molecule has 0 radical (unpaired) electrons. The van der Waals surface area contributed by atoms with E-state index >= 15 is 0 Å². The lowest BCUT2D eigenvalue weighted by atomic mass is 10.1. The molecule has 0 bridgehead atoms. The molecule has 0 N–H and O–H groups in total. The van der Waals surface area contributed by atoms with Crippen LogP contribution in [0.1, 0.15) is 11.1 Å². The van der Waals surface area contributed by atoms with Gasteiger partial charge in [-0.05, 0) is 35.7 Å². The van der Waals surface area contributed by atoms with E-state index in [1.807, 2.05) is 0 Å². The fourth-order valence-electron chi connectivity index (χ4n) is 2.08. The van der Waals surface area contributed by atoms with Gasteiger partial charge in [0.2, 0.25) is 0 Å². The Hall–Kier alpha value is -2.02. The number of benzene rings is 1. The van der Waals surface area contributed by atoms with Crippen molar-refractivity contribution >= 4 is 5.52 Å². The molecule has 0 aliphatic heterocycles. The van der Waals surface area contributed by atoms with E-state index in [1.54, 1.807) is 0 Å². The number of pyridine rings is 1. The van der Waals surface area contributed by atoms with Crippen LogP contribution in [-0.2, 0) is 6.42 Å². The quantitative estimate of drug-likeness (QED) is 0.605. The lowest BCUT2D eigenvalue weighted by Crippen LogP contribution is -1.87. The largest absolute Gasteiger partial charge is 0.324 e. The maximum absolute atomic E-state index is 2.20. The predicted octanol–water partition coefficient (Wildman–Crippen LogP) is 3.53. The van der Waals surface area contributed by atoms with Gasteiger partial charge >= 0.3 is 0 Å². The molecule has 0 spiro atoms. The standard InChI is InChI=1S/C15H13N/c1-2-6-13(7-3-1)12-14-9-11-16-10-5-4-8-15(14)16/h1-11H,12H2. The Kier molecular flexibility index (Phi) is 2.22. The summed E-state index contributed by atoms with van der Waals surface area (Å²) in [4.78, 5) is 0. The number of rotatable bonds is 2. The van der Waals surface area contributed by atoms with Crippen LogP contribution in [0.25, 0.3) is 5.52 Å². The molecular formula is C15H13N. The highest BCUT2D eigenvalue weighted by Crippen LogP contribution is 2.16. The van der Waals surface area contributed by atoms with Gasteiger partial charge in [0.25, 0.3) is 0 Å². The van der Waals surface area contributed by atoms with E-state index in [0.29, 0.717) is 0 Å². The Balaban J connectivity index is 2.01. The summed E-state index contributed by atoms with van der Waals surface area (Å²) in [6.45, 7) is 0. The van der Waals surface area contributed by atoms with Gasteiger partial charge in [0.1, 0.15) is 0 Å². The Morgan fingerprint density at radius 1 is 0.750 bits per heavy atom. The first kappa shape index (κ1) is 9.22. The van der Waals surface area contributed by atoms with E-state index in [9.17, 15) is 0 Å². The minimum absolute atomic E-state index is 1.00. The van der Waals surface area contributed by atoms with Gasteiger partial charge in [0.05, 0.1) is 0 Å². The zero-order valence-corrected chi connectivity index (χ0v) is 9.01. The van der Waals surface area contributed by atoms with Gasteiger partial charge in [-0.15, -0.1) is 0 Å². The van der Waals surface area contributed by atoms with Crippen LogP contribution in [0.2, 0.25) is 0 Å². The molecule has 0 saturated carbocycles. The Morgan fingerprint density at radius 2 is 1.56 bits per heavy atom. The molecule has 0 fully saturated rings. The van der Waals surface area contributed by atoms with Crippen molar-refractivity contribution in [1.29, 1.82) is 0 Å². The Morgan fingerprint density at radius 3 is 2.44 bits per heavy atom. The third-order valence-electron chi connectivity index (χ3n) is 2.89. The monoisotopic (exact) mass is 207 g/mol. The molecule has 78 valence electrons. The van der Waals surface area contributed by atoms with E-state index in [-0.39, 0.29) is 0 Å². The van der Waals surface area contributed by atoms with Gasteiger partial charge in [-0.1, -0.05) is 36.4 Å². The molecule has 16 heavy (non-hydrogen) atoms. The molecule has 0 saturated heterocycles. The smallest absolute Gasteiger partial charge is 0.0485 e. The third kappa shape index (κ3) is 1.61. The zero-order valence-electron chi connectivity index (χ0n) is 9.01. The molecule has 0 atom stereocenters. The molecule has 2 heterocycles. The maximum atomic E-state index is 2.20. The second kappa shape index (κ2) is 3.86. The summed E-state index contributed by atoms with van der Waals surface area (Å²) in [6.07, 6.45) is 5.21. The molecule has 0 aliphatic carbocycles. The van der Waals surface area contributed by atoms with Crippen LogP contribution in [-0.4, -0.2) is 4.40 Å². The summed E-state index contributed by atoms with van der Waals surface area (Å²) >= 11 is 0. The molecule has 0 aliphatic rings. The van der Waals surface area contributed by atoms with E-state index in [0.717, 1.165) is 6.42 Å². The summed E-state index contributed by atoms with van der Waals surface area (Å²) < 4.78 is 2.16. The predicted molar refractivity (Wildman–Crippen MR) is 66.6 cm³/mol. The van der Waals surface area contributed by atoms with Crippen LogP contribution >= 0.6 is 0 Å². The van der Waals surface area contributed by atoms with Crippen molar-refractivity contribution < 1.29 is 0 Å². The first-order valence-electron chi connectivity index (χ1n) is 5.52. The highest BCUT2D eigenvalue weighted by Gasteiger charge is 2.01. The van der Waals surface area contributed by atoms with E-state index < -0.39 is 0 Å². The number of hydrogen-bond donors (Lipinski definition) is 0. The fourth-order valence-corrected chi connectivity index (χ4v) is 2.08. The van der Waals surface area contributed by atoms with Gasteiger partial charge in [-0.25, -0.2) is 0 Å². The second-order valence-electron chi connectivity index (χ2n) is 4.00. The van der Waals surface area contributed by atoms with Crippen molar-refractivity contribution in [3.8, 4) is 0 Å². The fraction of sp³-hybridized carbons (Fsp3) is 0.0667. The van der Waals surface area contributed by atoms with Crippen molar-refractivity contribution in [2.75, 3.05) is 0 Å². The van der Waals surface area contributed by atoms with E-state index in [4.69, 9.17) is 0 Å². The molecule has 0 amide bonds. The number of nitrogens with zero attached hydrogens (tertiary/aromatic N) is 1. The molecule has 2 aromatic heterocycles. The minimum atomic E-state index is 1.00. The van der Waals surface area contributed by atoms with Gasteiger partial charge in [0.15, 0.2) is 0 Å². The van der Waals surface area contributed by atoms with Crippen molar-refractivity contribution in [1.82, 2.24) is 4.40 Å². The van der Waals surface area contributed by atoms with Crippen molar-refractivity contribution in [3.63, 3.8) is 0 Å². The van der Waals surface area contributed by atoms with Gasteiger partial charge in [-0.3, -0.25) is 0 Å². The van der Waals surface area contributed by atoms with Crippen LogP contribution in [0, 0.1) is 0 Å². The number of fused-ring (bicyclic) bond motifs is 1. The summed E-state index contributed by atoms with van der Waals surface area (Å²) in [5.41, 5.74) is 4.04. The van der Waals surface area contributed by atoms with Crippen molar-refractivity contribution in [3.05, 3.63) is 78.1 Å². The summed E-state index contributed by atoms with van der Waals surface area (Å²) in [7, 11) is 0. The molecule has 1 nitrogen and oxygen atoms in total. The minimum Gasteiger partial charge on any atom is -0.324 e. The third-order valence-corrected chi connectivity index (χ3v) is 2.89. The zero-order chi connectivity index (χ0) is 10.8. The topological polar surface area (TPSA) is 4.41 Å². The molecular weight excluding hydrogens is 194 g/mol. The first-order chi connectivity index (χ1) is 7.93. The highest BCUT2D eigenvalue weighted by atomic mass is 14.8. The lowest BCUT2D eigenvalue weighted by molar-refractivity contribution is 1.18. The van der Waals surface area contributed by atoms with Crippen LogP contribution in [0.15, 0.2) is 67.0 Å². The van der Waals surface area contributed by atoms with E-state index in [1.165, 1.54) is 16.6 Å². The highest BCUT2D eigenvalue weighted by molar-refractivity contribution is 5.56. The van der Waals surface area contributed by atoms with Crippen LogP contribution in [0.3, 0.4) is 0 Å². The van der Waals surface area contributed by atoms with E-state index in [2.05, 4.69) is 71.4 Å². The molecule has 0 unspecified atom stereocenters. The van der Waals surface area contributed by atoms with Gasteiger partial charge in [-0.2, -0.15) is 0 Å². The van der Waals surface area contributed by atoms with Gasteiger partial charge < -0.3 is 4.40 Å². The average molecular weight is 207 g/mol. The SMILES string of the molecule is c1ccc(Cc2ccn3ccccc23)cc1. The maximum Gasteiger partial charge on any atom is 0.0485 e. The molecule has 1 heteroatoms. The van der Waals surface area contributed by atoms with Crippen LogP contribution in [0.5, 0.6) is 0 Å². The summed E-state index contributed by atoms with van der Waals surface area (Å²) in [6, 6.07) is 19.1. The van der Waals surface area contributed by atoms with Gasteiger partial charge in [0, 0.05) is 17.9 Å². The molecule has 3 aromatic rings. The van der Waals surface area contributed by atoms with Crippen LogP contribution < -0.4 is 0 Å². The first-order valence-corrected chi connectivity index (χ1v) is 5.52. The Labute approximate surface area is 95.0 Å². The molecule has 3 rings (SSSR count). The summed E-state index contributed by atoms with van der Waals surface area (Å²) in [5.74, 6) is 0. The number of hydrogen-bond acceptors (Lipinski definition) is 0. The lowest BCUT2D eigenvalue weighted by Gasteiger charge is -2.00. The van der Waals surface area contributed by atoms with Crippen LogP contribution in [0.4, 0.5) is 0 Å². The second-order valence-corrected chi connectivity index (χ2v) is 4.00. The van der Waals surface area contributed by atoms with Crippen molar-refractivity contribution in [2.45, 2.75) is 6.42 Å².